The van der Waals surface area contributed by atoms with Crippen LogP contribution in [0.3, 0.4) is 0 Å². The van der Waals surface area contributed by atoms with Crippen molar-refractivity contribution in [1.29, 1.82) is 0 Å². The average Bonchev–Trinajstić information content (AvgIpc) is 2.40. The molecule has 0 saturated heterocycles. The molecule has 21 heavy (non-hydrogen) atoms. The third-order valence-electron chi connectivity index (χ3n) is 3.63. The largest absolute Gasteiger partial charge is 0.481 e. The lowest BCUT2D eigenvalue weighted by molar-refractivity contribution is -0.138. The van der Waals surface area contributed by atoms with E-state index in [2.05, 4.69) is 9.97 Å². The summed E-state index contributed by atoms with van der Waals surface area (Å²) in [6.07, 6.45) is 3.22. The minimum absolute atomic E-state index is 0.428. The average molecular weight is 287 g/mol. The SMILES string of the molecule is Cc1ccncc1-n1c(C)c(C(C)C(=O)O)c(C)nc1=O. The number of pyridine rings is 1. The van der Waals surface area contributed by atoms with Gasteiger partial charge in [-0.25, -0.2) is 4.79 Å². The molecule has 0 aliphatic heterocycles. The second kappa shape index (κ2) is 5.47. The summed E-state index contributed by atoms with van der Waals surface area (Å²) < 4.78 is 1.42. The van der Waals surface area contributed by atoms with Gasteiger partial charge in [-0.1, -0.05) is 0 Å². The van der Waals surface area contributed by atoms with Gasteiger partial charge in [-0.05, 0) is 39.3 Å². The molecule has 2 heterocycles. The molecule has 0 aromatic carbocycles. The zero-order valence-corrected chi connectivity index (χ0v) is 12.4. The first-order valence-electron chi connectivity index (χ1n) is 6.58. The zero-order chi connectivity index (χ0) is 15.7. The van der Waals surface area contributed by atoms with E-state index in [4.69, 9.17) is 0 Å². The second-order valence-electron chi connectivity index (χ2n) is 5.04. The summed E-state index contributed by atoms with van der Waals surface area (Å²) in [6.45, 7) is 6.84. The van der Waals surface area contributed by atoms with E-state index in [9.17, 15) is 14.7 Å². The molecule has 2 rings (SSSR count). The lowest BCUT2D eigenvalue weighted by Crippen LogP contribution is -2.28. The maximum absolute atomic E-state index is 12.2. The maximum Gasteiger partial charge on any atom is 0.352 e. The maximum atomic E-state index is 12.2. The van der Waals surface area contributed by atoms with Crippen LogP contribution in [0.15, 0.2) is 23.3 Å². The number of carbonyl (C=O) groups is 1. The Morgan fingerprint density at radius 3 is 2.57 bits per heavy atom. The van der Waals surface area contributed by atoms with Gasteiger partial charge in [0.05, 0.1) is 17.8 Å². The van der Waals surface area contributed by atoms with Crippen LogP contribution >= 0.6 is 0 Å². The third kappa shape index (κ3) is 2.56. The molecule has 0 aliphatic carbocycles. The van der Waals surface area contributed by atoms with Crippen LogP contribution in [0.1, 0.15) is 35.4 Å². The number of aromatic nitrogens is 3. The van der Waals surface area contributed by atoms with Crippen LogP contribution < -0.4 is 5.69 Å². The Morgan fingerprint density at radius 1 is 1.33 bits per heavy atom. The Bertz CT molecular complexity index is 765. The van der Waals surface area contributed by atoms with Crippen molar-refractivity contribution in [2.45, 2.75) is 33.6 Å². The fourth-order valence-electron chi connectivity index (χ4n) is 2.50. The predicted octanol–water partition coefficient (Wildman–Crippen LogP) is 1.74. The Morgan fingerprint density at radius 2 is 2.00 bits per heavy atom. The monoisotopic (exact) mass is 287 g/mol. The van der Waals surface area contributed by atoms with Gasteiger partial charge >= 0.3 is 11.7 Å². The molecule has 1 N–H and O–H groups in total. The number of hydrogen-bond acceptors (Lipinski definition) is 4. The van der Waals surface area contributed by atoms with Crippen LogP contribution in [0.2, 0.25) is 0 Å². The molecule has 0 amide bonds. The third-order valence-corrected chi connectivity index (χ3v) is 3.63. The first-order chi connectivity index (χ1) is 9.84. The van der Waals surface area contributed by atoms with Gasteiger partial charge in [0, 0.05) is 23.1 Å². The van der Waals surface area contributed by atoms with E-state index in [-0.39, 0.29) is 0 Å². The van der Waals surface area contributed by atoms with Crippen LogP contribution in [0, 0.1) is 20.8 Å². The van der Waals surface area contributed by atoms with Crippen LogP contribution in [0.5, 0.6) is 0 Å². The number of aryl methyl sites for hydroxylation is 2. The van der Waals surface area contributed by atoms with Gasteiger partial charge in [-0.2, -0.15) is 4.98 Å². The van der Waals surface area contributed by atoms with Crippen molar-refractivity contribution in [3.05, 3.63) is 51.5 Å². The fraction of sp³-hybridized carbons (Fsp3) is 0.333. The Labute approximate surface area is 122 Å². The smallest absolute Gasteiger partial charge is 0.352 e. The number of aliphatic carboxylic acids is 1. The van der Waals surface area contributed by atoms with E-state index < -0.39 is 17.6 Å². The molecular formula is C15H17N3O3. The number of carboxylic acids is 1. The molecular weight excluding hydrogens is 270 g/mol. The quantitative estimate of drug-likeness (QED) is 0.929. The van der Waals surface area contributed by atoms with Crippen molar-refractivity contribution in [3.63, 3.8) is 0 Å². The standard InChI is InChI=1S/C15H17N3O3/c1-8-5-6-16-7-12(8)18-11(4)13(9(2)14(19)20)10(3)17-15(18)21/h5-7,9H,1-4H3,(H,19,20). The highest BCUT2D eigenvalue weighted by Gasteiger charge is 2.23. The Kier molecular flexibility index (Phi) is 3.88. The molecule has 2 aromatic heterocycles. The Hall–Kier alpha value is -2.50. The fourth-order valence-corrected chi connectivity index (χ4v) is 2.50. The summed E-state index contributed by atoms with van der Waals surface area (Å²) in [5.74, 6) is -1.68. The lowest BCUT2D eigenvalue weighted by atomic mass is 9.98. The van der Waals surface area contributed by atoms with Gasteiger partial charge < -0.3 is 5.11 Å². The predicted molar refractivity (Wildman–Crippen MR) is 77.9 cm³/mol. The number of carboxylic acid groups (broad SMARTS) is 1. The summed E-state index contributed by atoms with van der Waals surface area (Å²) in [4.78, 5) is 31.5. The van der Waals surface area contributed by atoms with Gasteiger partial charge in [-0.15, -0.1) is 0 Å². The van der Waals surface area contributed by atoms with Crippen molar-refractivity contribution < 1.29 is 9.90 Å². The molecule has 1 atom stereocenters. The van der Waals surface area contributed by atoms with Crippen LogP contribution in [0.25, 0.3) is 5.69 Å². The minimum atomic E-state index is -0.948. The molecule has 6 heteroatoms. The zero-order valence-electron chi connectivity index (χ0n) is 12.4. The molecule has 0 saturated carbocycles. The second-order valence-corrected chi connectivity index (χ2v) is 5.04. The van der Waals surface area contributed by atoms with Crippen molar-refractivity contribution in [3.8, 4) is 5.69 Å². The van der Waals surface area contributed by atoms with Gasteiger partial charge in [0.2, 0.25) is 0 Å². The van der Waals surface area contributed by atoms with Crippen molar-refractivity contribution in [2.24, 2.45) is 0 Å². The van der Waals surface area contributed by atoms with E-state index in [1.165, 1.54) is 4.57 Å². The highest BCUT2D eigenvalue weighted by atomic mass is 16.4. The van der Waals surface area contributed by atoms with Gasteiger partial charge in [0.1, 0.15) is 0 Å². The van der Waals surface area contributed by atoms with E-state index >= 15 is 0 Å². The highest BCUT2D eigenvalue weighted by Crippen LogP contribution is 2.23. The van der Waals surface area contributed by atoms with Crippen molar-refractivity contribution >= 4 is 5.97 Å². The van der Waals surface area contributed by atoms with E-state index in [0.29, 0.717) is 22.6 Å². The van der Waals surface area contributed by atoms with E-state index in [1.54, 1.807) is 39.2 Å². The first kappa shape index (κ1) is 14.9. The van der Waals surface area contributed by atoms with Crippen LogP contribution in [0.4, 0.5) is 0 Å². The van der Waals surface area contributed by atoms with Crippen LogP contribution in [-0.2, 0) is 4.79 Å². The molecule has 0 bridgehead atoms. The van der Waals surface area contributed by atoms with Crippen molar-refractivity contribution in [1.82, 2.24) is 14.5 Å². The van der Waals surface area contributed by atoms with Gasteiger partial charge in [0.25, 0.3) is 0 Å². The molecule has 0 spiro atoms. The van der Waals surface area contributed by atoms with E-state index in [0.717, 1.165) is 5.56 Å². The molecule has 110 valence electrons. The summed E-state index contributed by atoms with van der Waals surface area (Å²) in [5.41, 5.74) is 2.65. The number of rotatable bonds is 3. The summed E-state index contributed by atoms with van der Waals surface area (Å²) in [7, 11) is 0. The van der Waals surface area contributed by atoms with Crippen molar-refractivity contribution in [2.75, 3.05) is 0 Å². The van der Waals surface area contributed by atoms with E-state index in [1.807, 2.05) is 6.92 Å². The summed E-state index contributed by atoms with van der Waals surface area (Å²) >= 11 is 0. The molecule has 2 aromatic rings. The normalized spacial score (nSPS) is 12.2. The molecule has 0 fully saturated rings. The number of hydrogen-bond donors (Lipinski definition) is 1. The van der Waals surface area contributed by atoms with Crippen LogP contribution in [-0.4, -0.2) is 25.6 Å². The number of nitrogens with zero attached hydrogens (tertiary/aromatic N) is 3. The highest BCUT2D eigenvalue weighted by molar-refractivity contribution is 5.76. The summed E-state index contributed by atoms with van der Waals surface area (Å²) in [5, 5.41) is 9.24. The van der Waals surface area contributed by atoms with Gasteiger partial charge in [-0.3, -0.25) is 14.3 Å². The summed E-state index contributed by atoms with van der Waals surface area (Å²) in [6, 6.07) is 1.79. The Balaban J connectivity index is 2.80. The molecule has 1 unspecified atom stereocenters. The molecule has 0 radical (unpaired) electrons. The molecule has 0 aliphatic rings. The lowest BCUT2D eigenvalue weighted by Gasteiger charge is -2.18. The minimum Gasteiger partial charge on any atom is -0.481 e. The topological polar surface area (TPSA) is 85.1 Å². The molecule has 6 nitrogen and oxygen atoms in total. The van der Waals surface area contributed by atoms with Gasteiger partial charge in [0.15, 0.2) is 0 Å². The first-order valence-corrected chi connectivity index (χ1v) is 6.58.